The van der Waals surface area contributed by atoms with Crippen molar-refractivity contribution >= 4 is 5.97 Å². The van der Waals surface area contributed by atoms with E-state index >= 15 is 0 Å². The second kappa shape index (κ2) is 7.75. The van der Waals surface area contributed by atoms with Gasteiger partial charge in [0.2, 0.25) is 0 Å². The standard InChI is InChI=1S/C7H6O3.C2H6.Zn/c8-6-4-2-1-3-5(6)7(9)10;1-2;/h1-4,8H,(H,9,10);1-2H3;/q;;+2/p-1. The van der Waals surface area contributed by atoms with E-state index in [-0.39, 0.29) is 25.0 Å². The Labute approximate surface area is 90.2 Å². The summed E-state index contributed by atoms with van der Waals surface area (Å²) in [6, 6.07) is 5.54. The third-order valence-electron chi connectivity index (χ3n) is 1.12. The van der Waals surface area contributed by atoms with Crippen LogP contribution in [0.2, 0.25) is 0 Å². The fourth-order valence-corrected chi connectivity index (χ4v) is 0.643. The minimum atomic E-state index is -1.18. The zero-order chi connectivity index (χ0) is 9.56. The maximum absolute atomic E-state index is 10.7. The first-order chi connectivity index (χ1) is 5.72. The molecule has 1 N–H and O–H groups in total. The number of carboxylic acids is 1. The van der Waals surface area contributed by atoms with Gasteiger partial charge in [-0.15, -0.1) is 0 Å². The van der Waals surface area contributed by atoms with Gasteiger partial charge in [0.05, 0.1) is 5.56 Å². The fourth-order valence-electron chi connectivity index (χ4n) is 0.643. The molecule has 0 radical (unpaired) electrons. The van der Waals surface area contributed by atoms with Gasteiger partial charge in [0, 0.05) is 0 Å². The minimum Gasteiger partial charge on any atom is -0.872 e. The third kappa shape index (κ3) is 4.63. The quantitative estimate of drug-likeness (QED) is 0.746. The summed E-state index contributed by atoms with van der Waals surface area (Å²) in [5.41, 5.74) is -0.178. The van der Waals surface area contributed by atoms with E-state index in [1.54, 1.807) is 0 Å². The molecule has 1 aromatic rings. The Hall–Kier alpha value is -0.887. The maximum atomic E-state index is 10.7. The Kier molecular flexibility index (Phi) is 8.72. The van der Waals surface area contributed by atoms with Crippen molar-refractivity contribution in [2.24, 2.45) is 0 Å². The number of para-hydroxylation sites is 1. The van der Waals surface area contributed by atoms with E-state index in [0.29, 0.717) is 0 Å². The second-order valence-corrected chi connectivity index (χ2v) is 1.80. The molecular weight excluding hydrogens is 221 g/mol. The first kappa shape index (κ1) is 14.6. The van der Waals surface area contributed by atoms with Crippen molar-refractivity contribution < 1.29 is 34.5 Å². The molecule has 0 unspecified atom stereocenters. The number of hydrogen-bond acceptors (Lipinski definition) is 2. The molecule has 0 bridgehead atoms. The Morgan fingerprint density at radius 2 is 1.77 bits per heavy atom. The van der Waals surface area contributed by atoms with Crippen LogP contribution in [-0.2, 0) is 19.5 Å². The average Bonchev–Trinajstić information content (AvgIpc) is 2.08. The Balaban J connectivity index is 0. The molecule has 0 saturated heterocycles. The molecule has 0 aromatic heterocycles. The van der Waals surface area contributed by atoms with E-state index in [0.717, 1.165) is 0 Å². The molecule has 1 aromatic carbocycles. The van der Waals surface area contributed by atoms with Crippen molar-refractivity contribution in [1.29, 1.82) is 0 Å². The summed E-state index contributed by atoms with van der Waals surface area (Å²) in [5.74, 6) is -1.62. The Bertz CT molecular complexity index is 261. The summed E-state index contributed by atoms with van der Waals surface area (Å²) in [6.45, 7) is 4.00. The zero-order valence-electron chi connectivity index (χ0n) is 7.78. The van der Waals surface area contributed by atoms with Crippen LogP contribution in [0.3, 0.4) is 0 Å². The van der Waals surface area contributed by atoms with Crippen molar-refractivity contribution in [2.45, 2.75) is 13.8 Å². The molecular formula is C9H11O3Zn+. The van der Waals surface area contributed by atoms with Crippen molar-refractivity contribution in [3.63, 3.8) is 0 Å². The molecule has 4 heteroatoms. The number of hydrogen-bond donors (Lipinski definition) is 1. The average molecular weight is 233 g/mol. The summed E-state index contributed by atoms with van der Waals surface area (Å²) in [7, 11) is 0. The van der Waals surface area contributed by atoms with Gasteiger partial charge in [-0.25, -0.2) is 4.79 Å². The molecule has 0 fully saturated rings. The van der Waals surface area contributed by atoms with Gasteiger partial charge >= 0.3 is 25.4 Å². The van der Waals surface area contributed by atoms with E-state index in [9.17, 15) is 9.90 Å². The monoisotopic (exact) mass is 231 g/mol. The van der Waals surface area contributed by atoms with Crippen LogP contribution in [-0.4, -0.2) is 11.1 Å². The second-order valence-electron chi connectivity index (χ2n) is 1.80. The van der Waals surface area contributed by atoms with Crippen LogP contribution < -0.4 is 5.11 Å². The van der Waals surface area contributed by atoms with Crippen LogP contribution in [0.1, 0.15) is 24.2 Å². The molecule has 66 valence electrons. The van der Waals surface area contributed by atoms with Gasteiger partial charge in [-0.05, 0) is 6.07 Å². The number of rotatable bonds is 1. The molecule has 0 aliphatic rings. The van der Waals surface area contributed by atoms with Crippen LogP contribution in [0.4, 0.5) is 0 Å². The van der Waals surface area contributed by atoms with Crippen molar-refractivity contribution in [1.82, 2.24) is 0 Å². The summed E-state index contributed by atoms with van der Waals surface area (Å²) in [4.78, 5) is 10.2. The van der Waals surface area contributed by atoms with Crippen LogP contribution >= 0.6 is 0 Å². The summed E-state index contributed by atoms with van der Waals surface area (Å²) >= 11 is 0. The van der Waals surface area contributed by atoms with Crippen LogP contribution in [0.25, 0.3) is 0 Å². The van der Waals surface area contributed by atoms with Crippen LogP contribution in [0, 0.1) is 0 Å². The predicted octanol–water partition coefficient (Wildman–Crippen LogP) is 1.48. The summed E-state index contributed by atoms with van der Waals surface area (Å²) in [6.07, 6.45) is 0. The molecule has 0 heterocycles. The normalized spacial score (nSPS) is 7.54. The van der Waals surface area contributed by atoms with Crippen molar-refractivity contribution in [2.75, 3.05) is 0 Å². The summed E-state index contributed by atoms with van der Waals surface area (Å²) in [5, 5.41) is 19.0. The van der Waals surface area contributed by atoms with Gasteiger partial charge < -0.3 is 10.2 Å². The van der Waals surface area contributed by atoms with Crippen LogP contribution in [0.15, 0.2) is 24.3 Å². The molecule has 0 aliphatic carbocycles. The fraction of sp³-hybridized carbons (Fsp3) is 0.222. The molecule has 1 rings (SSSR count). The molecule has 3 nitrogen and oxygen atoms in total. The van der Waals surface area contributed by atoms with Gasteiger partial charge in [-0.2, -0.15) is 0 Å². The largest absolute Gasteiger partial charge is 2.00 e. The Morgan fingerprint density at radius 1 is 1.31 bits per heavy atom. The number of carbonyl (C=O) groups is 1. The molecule has 0 spiro atoms. The zero-order valence-corrected chi connectivity index (χ0v) is 10.7. The SMILES string of the molecule is CC.O=C(O)c1ccccc1[O-].[Zn+2]. The van der Waals surface area contributed by atoms with Crippen LogP contribution in [0.5, 0.6) is 5.75 Å². The van der Waals surface area contributed by atoms with Gasteiger partial charge in [-0.3, -0.25) is 0 Å². The molecule has 0 atom stereocenters. The van der Waals surface area contributed by atoms with E-state index < -0.39 is 11.7 Å². The predicted molar refractivity (Wildman–Crippen MR) is 44.2 cm³/mol. The van der Waals surface area contributed by atoms with Gasteiger partial charge in [0.1, 0.15) is 0 Å². The third-order valence-corrected chi connectivity index (χ3v) is 1.12. The molecule has 0 amide bonds. The van der Waals surface area contributed by atoms with Crippen molar-refractivity contribution in [3.8, 4) is 5.75 Å². The first-order valence-corrected chi connectivity index (χ1v) is 3.71. The van der Waals surface area contributed by atoms with Crippen molar-refractivity contribution in [3.05, 3.63) is 29.8 Å². The Morgan fingerprint density at radius 3 is 2.08 bits per heavy atom. The van der Waals surface area contributed by atoms with Gasteiger partial charge in [-0.1, -0.05) is 37.8 Å². The number of benzene rings is 1. The van der Waals surface area contributed by atoms with E-state index in [2.05, 4.69) is 0 Å². The smallest absolute Gasteiger partial charge is 0.872 e. The molecule has 0 saturated carbocycles. The van der Waals surface area contributed by atoms with Gasteiger partial charge in [0.25, 0.3) is 0 Å². The minimum absolute atomic E-state index is 0. The topological polar surface area (TPSA) is 60.4 Å². The van der Waals surface area contributed by atoms with E-state index in [1.165, 1.54) is 24.3 Å². The maximum Gasteiger partial charge on any atom is 2.00 e. The first-order valence-electron chi connectivity index (χ1n) is 3.71. The van der Waals surface area contributed by atoms with E-state index in [1.807, 2.05) is 13.8 Å². The van der Waals surface area contributed by atoms with E-state index in [4.69, 9.17) is 5.11 Å². The molecule has 13 heavy (non-hydrogen) atoms. The van der Waals surface area contributed by atoms with Gasteiger partial charge in [0.15, 0.2) is 0 Å². The number of carboxylic acid groups (broad SMARTS) is 1. The number of aromatic carboxylic acids is 1. The summed E-state index contributed by atoms with van der Waals surface area (Å²) < 4.78 is 0. The molecule has 0 aliphatic heterocycles.